The Bertz CT molecular complexity index is 2460. The molecule has 1 aromatic heterocycles. The van der Waals surface area contributed by atoms with Crippen molar-refractivity contribution in [2.45, 2.75) is 56.0 Å². The number of halogens is 24. The molecule has 0 atom stereocenters. The number of alkyl halides is 24. The van der Waals surface area contributed by atoms with E-state index in [1.807, 2.05) is 34.9 Å². The van der Waals surface area contributed by atoms with E-state index in [1.54, 1.807) is 24.8 Å². The zero-order valence-corrected chi connectivity index (χ0v) is 34.8. The number of benzene rings is 5. The Hall–Kier alpha value is -6.77. The molecule has 3 nitrogen and oxygen atoms in total. The number of carbonyl (C=O) groups is 1. The van der Waals surface area contributed by atoms with E-state index in [1.165, 1.54) is 0 Å². The zero-order valence-electron chi connectivity index (χ0n) is 34.8. The van der Waals surface area contributed by atoms with Crippen LogP contribution in [0.1, 0.15) is 54.9 Å². The van der Waals surface area contributed by atoms with Gasteiger partial charge in [-0.1, -0.05) is 78.9 Å². The van der Waals surface area contributed by atoms with Gasteiger partial charge in [0.1, 0.15) is 6.15 Å². The minimum absolute atomic E-state index is 0.104. The van der Waals surface area contributed by atoms with Crippen LogP contribution in [0.5, 0.6) is 0 Å². The third-order valence-electron chi connectivity index (χ3n) is 10.6. The summed E-state index contributed by atoms with van der Waals surface area (Å²) in [6.45, 7) is 0.354. The summed E-state index contributed by atoms with van der Waals surface area (Å²) in [5.41, 5.74) is -29.5. The number of Topliss-reactive ketones (excluding diaryl/α,β-unsaturated/α-hetero) is 1. The molecule has 386 valence electrons. The molecule has 0 spiro atoms. The molecule has 0 amide bonds. The highest BCUT2D eigenvalue weighted by Gasteiger charge is 2.47. The van der Waals surface area contributed by atoms with Crippen LogP contribution in [0.15, 0.2) is 128 Å². The number of nitrogens with zero attached hydrogens (tertiary/aromatic N) is 2. The number of rotatable bonds is 7. The molecule has 72 heavy (non-hydrogen) atoms. The summed E-state index contributed by atoms with van der Waals surface area (Å²) in [6.07, 6.45) is -47.9. The first-order valence-electron chi connectivity index (χ1n) is 19.4. The average molecular weight is 1060 g/mol. The Morgan fingerprint density at radius 1 is 0.361 bits per heavy atom. The lowest BCUT2D eigenvalue weighted by molar-refractivity contribution is -0.683. The Morgan fingerprint density at radius 2 is 0.583 bits per heavy atom. The molecule has 0 bridgehead atoms. The minimum Gasteiger partial charge on any atom is -0.287 e. The fourth-order valence-electron chi connectivity index (χ4n) is 7.40. The normalized spacial score (nSPS) is 13.4. The van der Waals surface area contributed by atoms with E-state index in [2.05, 4.69) is 4.98 Å². The number of hydrogen-bond donors (Lipinski definition) is 0. The monoisotopic (exact) mass is 1060 g/mol. The number of ketones is 1. The molecule has 0 aliphatic heterocycles. The quantitative estimate of drug-likeness (QED) is 0.0691. The molecule has 0 aliphatic carbocycles. The summed E-state index contributed by atoms with van der Waals surface area (Å²) >= 11 is 0. The number of carbonyl (C=O) groups excluding carboxylic acids is 1. The van der Waals surface area contributed by atoms with Crippen LogP contribution in [0.3, 0.4) is 0 Å². The summed E-state index contributed by atoms with van der Waals surface area (Å²) in [5, 5.41) is 0. The van der Waals surface area contributed by atoms with Crippen LogP contribution in [0.25, 0.3) is 0 Å². The predicted octanol–water partition coefficient (Wildman–Crippen LogP) is 12.5. The molecule has 0 N–H and O–H groups in total. The van der Waals surface area contributed by atoms with Crippen LogP contribution in [-0.4, -0.2) is 16.9 Å². The minimum atomic E-state index is -6.13. The lowest BCUT2D eigenvalue weighted by atomic mass is 9.12. The predicted molar refractivity (Wildman–Crippen MR) is 205 cm³/mol. The topological polar surface area (TPSA) is 33.8 Å². The molecule has 0 saturated heterocycles. The molecule has 0 saturated carbocycles. The highest BCUT2D eigenvalue weighted by Crippen LogP contribution is 2.41. The SMILES string of the molecule is FC(F)(F)c1cc([B-](c2cc(C(F)(F)F)cc(C(F)(F)F)c2)(c2cc(C(F)(F)F)cc(C(F)(F)F)c2)c2cc(C(F)(F)F)cc(C(F)(F)F)c2)cc(C(F)(F)F)c1.O=C(C[n+]1ccncc1)c1ccccc1. The van der Waals surface area contributed by atoms with E-state index in [-0.39, 0.29) is 5.78 Å². The standard InChI is InChI=1S/C32H12BF24.C12H11N2O/c34-25(35,36)13-1-14(26(37,38)39)6-21(5-13)33(22-7-15(27(40,41)42)2-16(8-22)28(43,44)45,23-9-17(29(46,47)48)3-18(10-23)30(49,50)51)24-11-19(31(52,53)54)4-20(12-24)32(55,56)57;15-12(11-4-2-1-3-5-11)10-14-8-6-13-7-9-14/h1-12H;1-9H,10H2/q-1;+1. The fourth-order valence-corrected chi connectivity index (χ4v) is 7.40. The number of aromatic nitrogens is 2. The van der Waals surface area contributed by atoms with Crippen molar-refractivity contribution in [2.24, 2.45) is 0 Å². The van der Waals surface area contributed by atoms with Crippen LogP contribution in [-0.2, 0) is 56.0 Å². The Balaban J connectivity index is 0.000000542. The van der Waals surface area contributed by atoms with Crippen LogP contribution in [0.2, 0.25) is 0 Å². The first kappa shape index (κ1) is 56.2. The van der Waals surface area contributed by atoms with Gasteiger partial charge in [-0.2, -0.15) is 132 Å². The van der Waals surface area contributed by atoms with Gasteiger partial charge in [0.25, 0.3) is 0 Å². The summed E-state index contributed by atoms with van der Waals surface area (Å²) in [6, 6.07) is 0.467. The number of hydrogen-bond acceptors (Lipinski definition) is 2. The maximum atomic E-state index is 14.2. The maximum Gasteiger partial charge on any atom is 0.416 e. The van der Waals surface area contributed by atoms with Gasteiger partial charge in [0.15, 0.2) is 12.4 Å². The molecule has 0 fully saturated rings. The average Bonchev–Trinajstić information content (AvgIpc) is 3.25. The summed E-state index contributed by atoms with van der Waals surface area (Å²) in [7, 11) is 0. The lowest BCUT2D eigenvalue weighted by Gasteiger charge is -2.46. The smallest absolute Gasteiger partial charge is 0.287 e. The van der Waals surface area contributed by atoms with Gasteiger partial charge < -0.3 is 0 Å². The van der Waals surface area contributed by atoms with Crippen molar-refractivity contribution in [3.8, 4) is 0 Å². The van der Waals surface area contributed by atoms with Gasteiger partial charge in [0, 0.05) is 5.56 Å². The van der Waals surface area contributed by atoms with E-state index in [4.69, 9.17) is 0 Å². The zero-order chi connectivity index (χ0) is 54.4. The largest absolute Gasteiger partial charge is 0.416 e. The van der Waals surface area contributed by atoms with Crippen LogP contribution in [0.4, 0.5) is 105 Å². The first-order chi connectivity index (χ1) is 32.6. The summed E-state index contributed by atoms with van der Waals surface area (Å²) in [5.74, 6) is 0.104. The maximum absolute atomic E-state index is 14.2. The van der Waals surface area contributed by atoms with Gasteiger partial charge in [-0.25, -0.2) is 0 Å². The Kier molecular flexibility index (Phi) is 15.1. The van der Waals surface area contributed by atoms with Crippen LogP contribution < -0.4 is 26.4 Å². The molecule has 0 aliphatic rings. The lowest BCUT2D eigenvalue weighted by Crippen LogP contribution is -2.75. The van der Waals surface area contributed by atoms with Gasteiger partial charge in [0.2, 0.25) is 12.3 Å². The molecule has 6 aromatic rings. The van der Waals surface area contributed by atoms with E-state index >= 15 is 0 Å². The van der Waals surface area contributed by atoms with Crippen molar-refractivity contribution in [1.82, 2.24) is 4.98 Å². The highest BCUT2D eigenvalue weighted by atomic mass is 19.4. The van der Waals surface area contributed by atoms with Gasteiger partial charge in [-0.15, -0.1) is 0 Å². The second kappa shape index (κ2) is 19.3. The Morgan fingerprint density at radius 3 is 0.792 bits per heavy atom. The molecule has 0 radical (unpaired) electrons. The van der Waals surface area contributed by atoms with Gasteiger partial charge in [-0.05, 0) is 24.3 Å². The van der Waals surface area contributed by atoms with Crippen molar-refractivity contribution in [3.05, 3.63) is 178 Å². The Labute approximate surface area is 387 Å². The van der Waals surface area contributed by atoms with Crippen LogP contribution in [0, 0.1) is 0 Å². The third-order valence-corrected chi connectivity index (χ3v) is 10.6. The van der Waals surface area contributed by atoms with Crippen molar-refractivity contribution < 1.29 is 115 Å². The van der Waals surface area contributed by atoms with E-state index < -0.39 is 195 Å². The van der Waals surface area contributed by atoms with Crippen molar-refractivity contribution in [3.63, 3.8) is 0 Å². The third kappa shape index (κ3) is 13.0. The first-order valence-corrected chi connectivity index (χ1v) is 19.4. The fraction of sp³-hybridized carbons (Fsp3) is 0.205. The molecule has 5 aromatic carbocycles. The van der Waals surface area contributed by atoms with Crippen molar-refractivity contribution in [2.75, 3.05) is 0 Å². The molecule has 1 heterocycles. The molecule has 0 unspecified atom stereocenters. The van der Waals surface area contributed by atoms with Gasteiger partial charge in [0.05, 0.1) is 56.9 Å². The second-order valence-electron chi connectivity index (χ2n) is 15.4. The molecule has 6 rings (SSSR count). The summed E-state index contributed by atoms with van der Waals surface area (Å²) in [4.78, 5) is 15.7. The van der Waals surface area contributed by atoms with Crippen LogP contribution >= 0.6 is 0 Å². The highest BCUT2D eigenvalue weighted by molar-refractivity contribution is 7.20. The van der Waals surface area contributed by atoms with E-state index in [0.717, 1.165) is 5.56 Å². The molecular formula is C44H23BF24N2O. The van der Waals surface area contributed by atoms with E-state index in [9.17, 15) is 110 Å². The second-order valence-corrected chi connectivity index (χ2v) is 15.4. The van der Waals surface area contributed by atoms with Crippen molar-refractivity contribution >= 4 is 33.8 Å². The van der Waals surface area contributed by atoms with Crippen molar-refractivity contribution in [1.29, 1.82) is 0 Å². The molecule has 28 heteroatoms. The van der Waals surface area contributed by atoms with Gasteiger partial charge >= 0.3 is 49.4 Å². The molecular weight excluding hydrogens is 1040 g/mol. The summed E-state index contributed by atoms with van der Waals surface area (Å²) < 4.78 is 343. The van der Waals surface area contributed by atoms with Gasteiger partial charge in [-0.3, -0.25) is 9.78 Å². The van der Waals surface area contributed by atoms with E-state index in [0.29, 0.717) is 6.54 Å².